The largest absolute Gasteiger partial charge is 0.346 e. The number of thiophene rings is 1. The number of carbonyl (C=O) groups is 1. The zero-order chi connectivity index (χ0) is 21.5. The van der Waals surface area contributed by atoms with E-state index in [1.54, 1.807) is 23.5 Å². The van der Waals surface area contributed by atoms with E-state index in [-0.39, 0.29) is 11.7 Å². The molecule has 0 saturated heterocycles. The second-order valence-corrected chi connectivity index (χ2v) is 10.00. The van der Waals surface area contributed by atoms with Gasteiger partial charge in [0.15, 0.2) is 4.96 Å². The van der Waals surface area contributed by atoms with Crippen LogP contribution in [0.4, 0.5) is 4.39 Å². The molecule has 0 atom stereocenters. The maximum absolute atomic E-state index is 13.2. The van der Waals surface area contributed by atoms with Gasteiger partial charge in [-0.15, -0.1) is 22.7 Å². The van der Waals surface area contributed by atoms with Crippen LogP contribution >= 0.6 is 34.0 Å². The second kappa shape index (κ2) is 7.99. The molecule has 0 aliphatic heterocycles. The minimum atomic E-state index is -0.266. The molecule has 5 aromatic rings. The molecule has 4 heterocycles. The fourth-order valence-corrected chi connectivity index (χ4v) is 6.09. The molecule has 1 amide bonds. The molecule has 0 radical (unpaired) electrons. The average Bonchev–Trinajstić information content (AvgIpc) is 3.53. The van der Waals surface area contributed by atoms with Crippen molar-refractivity contribution in [3.8, 4) is 21.1 Å². The van der Waals surface area contributed by atoms with E-state index < -0.39 is 0 Å². The summed E-state index contributed by atoms with van der Waals surface area (Å²) in [4.78, 5) is 25.6. The number of thiazole rings is 2. The molecular formula is C22H17FN4OS3. The van der Waals surface area contributed by atoms with Gasteiger partial charge in [-0.25, -0.2) is 14.4 Å². The van der Waals surface area contributed by atoms with Crippen molar-refractivity contribution in [2.75, 3.05) is 0 Å². The van der Waals surface area contributed by atoms with E-state index in [0.717, 1.165) is 42.4 Å². The van der Waals surface area contributed by atoms with E-state index in [9.17, 15) is 9.18 Å². The van der Waals surface area contributed by atoms with Gasteiger partial charge in [0.25, 0.3) is 5.91 Å². The lowest BCUT2D eigenvalue weighted by Gasteiger charge is -2.03. The number of hydrogen-bond acceptors (Lipinski definition) is 6. The van der Waals surface area contributed by atoms with Crippen molar-refractivity contribution in [3.05, 3.63) is 74.9 Å². The molecule has 9 heteroatoms. The first-order valence-electron chi connectivity index (χ1n) is 9.52. The highest BCUT2D eigenvalue weighted by atomic mass is 32.1. The first-order chi connectivity index (χ1) is 15.0. The van der Waals surface area contributed by atoms with E-state index in [1.807, 2.05) is 42.0 Å². The van der Waals surface area contributed by atoms with Crippen LogP contribution in [0.15, 0.2) is 48.0 Å². The number of rotatable bonds is 5. The van der Waals surface area contributed by atoms with Gasteiger partial charge in [0, 0.05) is 22.3 Å². The van der Waals surface area contributed by atoms with Gasteiger partial charge in [0.1, 0.15) is 15.7 Å². The molecule has 4 aromatic heterocycles. The lowest BCUT2D eigenvalue weighted by molar-refractivity contribution is 0.0954. The first kappa shape index (κ1) is 20.0. The van der Waals surface area contributed by atoms with E-state index in [2.05, 4.69) is 15.3 Å². The molecule has 0 spiro atoms. The van der Waals surface area contributed by atoms with Crippen LogP contribution in [-0.4, -0.2) is 20.3 Å². The average molecular weight is 469 g/mol. The van der Waals surface area contributed by atoms with Crippen LogP contribution in [-0.2, 0) is 6.54 Å². The van der Waals surface area contributed by atoms with Crippen molar-refractivity contribution in [1.29, 1.82) is 0 Å². The molecule has 156 valence electrons. The lowest BCUT2D eigenvalue weighted by atomic mass is 10.2. The summed E-state index contributed by atoms with van der Waals surface area (Å²) in [6, 6.07) is 10.3. The number of nitrogens with one attached hydrogen (secondary N) is 1. The van der Waals surface area contributed by atoms with Crippen LogP contribution in [0.25, 0.3) is 26.1 Å². The zero-order valence-corrected chi connectivity index (χ0v) is 19.1. The number of aromatic nitrogens is 3. The van der Waals surface area contributed by atoms with Crippen LogP contribution in [0.2, 0.25) is 0 Å². The van der Waals surface area contributed by atoms with Crippen molar-refractivity contribution < 1.29 is 9.18 Å². The highest BCUT2D eigenvalue weighted by Crippen LogP contribution is 2.31. The number of nitrogens with zero attached hydrogens (tertiary/aromatic N) is 3. The highest BCUT2D eigenvalue weighted by molar-refractivity contribution is 7.22. The van der Waals surface area contributed by atoms with E-state index in [1.165, 1.54) is 34.8 Å². The predicted octanol–water partition coefficient (Wildman–Crippen LogP) is 5.93. The number of halogens is 1. The minimum absolute atomic E-state index is 0.116. The Morgan fingerprint density at radius 2 is 1.94 bits per heavy atom. The summed E-state index contributed by atoms with van der Waals surface area (Å²) < 4.78 is 15.2. The molecule has 1 aromatic carbocycles. The summed E-state index contributed by atoms with van der Waals surface area (Å²) in [5.74, 6) is -0.382. The molecule has 5 nitrogen and oxygen atoms in total. The second-order valence-electron chi connectivity index (χ2n) is 6.99. The lowest BCUT2D eigenvalue weighted by Crippen LogP contribution is -2.22. The van der Waals surface area contributed by atoms with Crippen molar-refractivity contribution >= 4 is 44.9 Å². The summed E-state index contributed by atoms with van der Waals surface area (Å²) in [5.41, 5.74) is 3.44. The fraction of sp³-hybridized carbons (Fsp3) is 0.136. The Hall–Kier alpha value is -2.88. The van der Waals surface area contributed by atoms with Gasteiger partial charge in [0.2, 0.25) is 0 Å². The molecule has 5 rings (SSSR count). The number of imidazole rings is 1. The van der Waals surface area contributed by atoms with Crippen LogP contribution in [0.3, 0.4) is 0 Å². The normalized spacial score (nSPS) is 11.3. The van der Waals surface area contributed by atoms with Gasteiger partial charge >= 0.3 is 0 Å². The standard InChI is InChI=1S/C22H17FN4OS3/c1-12-19(31-21(25-12)17-4-3-9-29-17)20(28)24-10-18-13(2)27-11-16(26-22(27)30-18)14-5-7-15(23)8-6-14/h3-9,11H,10H2,1-2H3,(H,24,28). The predicted molar refractivity (Wildman–Crippen MR) is 125 cm³/mol. The summed E-state index contributed by atoms with van der Waals surface area (Å²) in [7, 11) is 0. The molecule has 0 saturated carbocycles. The first-order valence-corrected chi connectivity index (χ1v) is 12.0. The van der Waals surface area contributed by atoms with Crippen molar-refractivity contribution in [1.82, 2.24) is 19.7 Å². The van der Waals surface area contributed by atoms with Gasteiger partial charge in [-0.2, -0.15) is 0 Å². The number of aryl methyl sites for hydroxylation is 2. The number of benzene rings is 1. The Balaban J connectivity index is 1.33. The van der Waals surface area contributed by atoms with E-state index in [4.69, 9.17) is 0 Å². The van der Waals surface area contributed by atoms with E-state index >= 15 is 0 Å². The topological polar surface area (TPSA) is 59.3 Å². The SMILES string of the molecule is Cc1nc(-c2cccs2)sc1C(=O)NCc1sc2nc(-c3ccc(F)cc3)cn2c1C. The Kier molecular flexibility index (Phi) is 5.17. The Morgan fingerprint density at radius 1 is 1.13 bits per heavy atom. The molecule has 0 aliphatic rings. The Morgan fingerprint density at radius 3 is 2.65 bits per heavy atom. The monoisotopic (exact) mass is 468 g/mol. The van der Waals surface area contributed by atoms with Crippen LogP contribution in [0.1, 0.15) is 25.9 Å². The van der Waals surface area contributed by atoms with Crippen LogP contribution in [0.5, 0.6) is 0 Å². The highest BCUT2D eigenvalue weighted by Gasteiger charge is 2.18. The van der Waals surface area contributed by atoms with Crippen LogP contribution in [0, 0.1) is 19.7 Å². The minimum Gasteiger partial charge on any atom is -0.346 e. The van der Waals surface area contributed by atoms with Gasteiger partial charge in [-0.3, -0.25) is 9.20 Å². The smallest absolute Gasteiger partial charge is 0.263 e. The maximum Gasteiger partial charge on any atom is 0.263 e. The summed E-state index contributed by atoms with van der Waals surface area (Å²) in [5, 5.41) is 5.90. The molecule has 0 fully saturated rings. The summed E-state index contributed by atoms with van der Waals surface area (Å²) >= 11 is 4.57. The third-order valence-electron chi connectivity index (χ3n) is 4.94. The summed E-state index contributed by atoms with van der Waals surface area (Å²) in [6.07, 6.45) is 1.94. The molecule has 0 unspecified atom stereocenters. The number of hydrogen-bond donors (Lipinski definition) is 1. The van der Waals surface area contributed by atoms with Gasteiger partial charge in [0.05, 0.1) is 22.8 Å². The molecule has 1 N–H and O–H groups in total. The van der Waals surface area contributed by atoms with Crippen molar-refractivity contribution in [2.45, 2.75) is 20.4 Å². The third kappa shape index (κ3) is 3.80. The Labute approximate surface area is 189 Å². The number of carbonyl (C=O) groups excluding carboxylic acids is 1. The fourth-order valence-electron chi connectivity index (χ4n) is 3.27. The maximum atomic E-state index is 13.2. The number of amides is 1. The molecule has 0 aliphatic carbocycles. The molecule has 0 bridgehead atoms. The number of fused-ring (bicyclic) bond motifs is 1. The third-order valence-corrected chi connectivity index (χ3v) is 8.29. The van der Waals surface area contributed by atoms with Crippen LogP contribution < -0.4 is 5.32 Å². The molecular weight excluding hydrogens is 451 g/mol. The summed E-state index contributed by atoms with van der Waals surface area (Å²) in [6.45, 7) is 4.30. The quantitative estimate of drug-likeness (QED) is 0.348. The van der Waals surface area contributed by atoms with Gasteiger partial charge in [-0.1, -0.05) is 17.4 Å². The van der Waals surface area contributed by atoms with Crippen molar-refractivity contribution in [2.24, 2.45) is 0 Å². The zero-order valence-electron chi connectivity index (χ0n) is 16.7. The van der Waals surface area contributed by atoms with Gasteiger partial charge < -0.3 is 5.32 Å². The molecule has 31 heavy (non-hydrogen) atoms. The van der Waals surface area contributed by atoms with Gasteiger partial charge in [-0.05, 0) is 49.6 Å². The van der Waals surface area contributed by atoms with E-state index in [0.29, 0.717) is 11.4 Å². The van der Waals surface area contributed by atoms with Crippen molar-refractivity contribution in [3.63, 3.8) is 0 Å². The Bertz CT molecular complexity index is 1380.